The Hall–Kier alpha value is -2.07. The van der Waals surface area contributed by atoms with Gasteiger partial charge in [0.2, 0.25) is 0 Å². The van der Waals surface area contributed by atoms with Gasteiger partial charge in [0.15, 0.2) is 0 Å². The first-order valence-electron chi connectivity index (χ1n) is 8.55. The summed E-state index contributed by atoms with van der Waals surface area (Å²) in [6.07, 6.45) is 4.76. The zero-order valence-corrected chi connectivity index (χ0v) is 15.0. The average molecular weight is 338 g/mol. The van der Waals surface area contributed by atoms with E-state index in [0.29, 0.717) is 6.54 Å². The molecule has 0 saturated heterocycles. The second-order valence-corrected chi connectivity index (χ2v) is 7.74. The Labute approximate surface area is 146 Å². The highest BCUT2D eigenvalue weighted by Crippen LogP contribution is 2.30. The first kappa shape index (κ1) is 15.5. The number of hydrogen-bond donors (Lipinski definition) is 1. The quantitative estimate of drug-likeness (QED) is 0.739. The predicted molar refractivity (Wildman–Crippen MR) is 99.8 cm³/mol. The third-order valence-electron chi connectivity index (χ3n) is 5.04. The molecule has 24 heavy (non-hydrogen) atoms. The molecule has 0 spiro atoms. The van der Waals surface area contributed by atoms with E-state index in [-0.39, 0.29) is 5.91 Å². The van der Waals surface area contributed by atoms with Crippen LogP contribution in [0, 0.1) is 6.92 Å². The first-order chi connectivity index (χ1) is 11.6. The molecule has 1 aliphatic carbocycles. The van der Waals surface area contributed by atoms with Gasteiger partial charge in [0, 0.05) is 34.1 Å². The van der Waals surface area contributed by atoms with Gasteiger partial charge in [-0.15, -0.1) is 11.3 Å². The maximum atomic E-state index is 12.8. The van der Waals surface area contributed by atoms with Crippen LogP contribution in [0.4, 0.5) is 0 Å². The van der Waals surface area contributed by atoms with Crippen LogP contribution in [0.5, 0.6) is 0 Å². The first-order valence-corrected chi connectivity index (χ1v) is 9.43. The number of thiophene rings is 1. The Morgan fingerprint density at radius 3 is 2.88 bits per heavy atom. The van der Waals surface area contributed by atoms with E-state index in [2.05, 4.69) is 35.5 Å². The van der Waals surface area contributed by atoms with Crippen LogP contribution in [0.25, 0.3) is 10.9 Å². The molecule has 4 heteroatoms. The van der Waals surface area contributed by atoms with Crippen LogP contribution in [0.2, 0.25) is 0 Å². The number of hydrogen-bond acceptors (Lipinski definition) is 2. The molecule has 1 aliphatic rings. The number of H-pyrrole nitrogens is 1. The van der Waals surface area contributed by atoms with E-state index >= 15 is 0 Å². The molecule has 0 unspecified atom stereocenters. The zero-order chi connectivity index (χ0) is 16.7. The summed E-state index contributed by atoms with van der Waals surface area (Å²) in [7, 11) is 1.89. The summed E-state index contributed by atoms with van der Waals surface area (Å²) < 4.78 is 0. The molecule has 3 aromatic rings. The molecule has 2 heterocycles. The van der Waals surface area contributed by atoms with Crippen LogP contribution in [0.15, 0.2) is 29.6 Å². The lowest BCUT2D eigenvalue weighted by atomic mass is 9.95. The van der Waals surface area contributed by atoms with E-state index in [9.17, 15) is 4.79 Å². The standard InChI is InChI=1S/C20H22N2OS/c1-13-9-10-24-19(13)12-22(2)20(23)14-7-8-18-16(11-14)15-5-3-4-6-17(15)21-18/h7-11,21H,3-6,12H2,1-2H3. The average Bonchev–Trinajstić information content (AvgIpc) is 3.17. The van der Waals surface area contributed by atoms with Gasteiger partial charge in [-0.25, -0.2) is 0 Å². The van der Waals surface area contributed by atoms with Gasteiger partial charge in [-0.05, 0) is 73.4 Å². The molecule has 0 fully saturated rings. The minimum Gasteiger partial charge on any atom is -0.358 e. The zero-order valence-electron chi connectivity index (χ0n) is 14.2. The van der Waals surface area contributed by atoms with E-state index in [1.54, 1.807) is 11.3 Å². The van der Waals surface area contributed by atoms with E-state index in [0.717, 1.165) is 23.9 Å². The van der Waals surface area contributed by atoms with Crippen LogP contribution >= 0.6 is 11.3 Å². The highest BCUT2D eigenvalue weighted by atomic mass is 32.1. The number of nitrogens with one attached hydrogen (secondary N) is 1. The van der Waals surface area contributed by atoms with E-state index in [1.807, 2.05) is 18.0 Å². The summed E-state index contributed by atoms with van der Waals surface area (Å²) >= 11 is 1.71. The van der Waals surface area contributed by atoms with Crippen molar-refractivity contribution in [3.05, 3.63) is 56.9 Å². The Bertz CT molecular complexity index is 906. The van der Waals surface area contributed by atoms with Gasteiger partial charge >= 0.3 is 0 Å². The SMILES string of the molecule is Cc1ccsc1CN(C)C(=O)c1ccc2[nH]c3c(c2c1)CCCC3. The van der Waals surface area contributed by atoms with Gasteiger partial charge in [0.25, 0.3) is 5.91 Å². The van der Waals surface area contributed by atoms with Crippen molar-refractivity contribution in [3.63, 3.8) is 0 Å². The lowest BCUT2D eigenvalue weighted by molar-refractivity contribution is 0.0786. The minimum absolute atomic E-state index is 0.0930. The molecular formula is C20H22N2OS. The van der Waals surface area contributed by atoms with Crippen LogP contribution in [0.1, 0.15) is 44.9 Å². The predicted octanol–water partition coefficient (Wildman–Crippen LogP) is 4.69. The molecule has 1 N–H and O–H groups in total. The van der Waals surface area contributed by atoms with Crippen molar-refractivity contribution in [3.8, 4) is 0 Å². The third-order valence-corrected chi connectivity index (χ3v) is 6.05. The Morgan fingerprint density at radius 1 is 1.25 bits per heavy atom. The van der Waals surface area contributed by atoms with Gasteiger partial charge in [0.05, 0.1) is 6.54 Å². The normalized spacial score (nSPS) is 13.9. The van der Waals surface area contributed by atoms with Gasteiger partial charge in [-0.1, -0.05) is 0 Å². The molecule has 0 aliphatic heterocycles. The van der Waals surface area contributed by atoms with Gasteiger partial charge in [-0.3, -0.25) is 4.79 Å². The number of nitrogens with zero attached hydrogens (tertiary/aromatic N) is 1. The number of amides is 1. The van der Waals surface area contributed by atoms with Crippen molar-refractivity contribution in [1.29, 1.82) is 0 Å². The Morgan fingerprint density at radius 2 is 2.08 bits per heavy atom. The van der Waals surface area contributed by atoms with Crippen molar-refractivity contribution in [1.82, 2.24) is 9.88 Å². The summed E-state index contributed by atoms with van der Waals surface area (Å²) in [5.41, 5.74) is 5.99. The number of carbonyl (C=O) groups is 1. The third kappa shape index (κ3) is 2.65. The van der Waals surface area contributed by atoms with Crippen LogP contribution < -0.4 is 0 Å². The molecule has 124 valence electrons. The van der Waals surface area contributed by atoms with Crippen molar-refractivity contribution >= 4 is 28.1 Å². The number of carbonyl (C=O) groups excluding carboxylic acids is 1. The van der Waals surface area contributed by atoms with Crippen molar-refractivity contribution in [2.24, 2.45) is 0 Å². The van der Waals surface area contributed by atoms with E-state index in [4.69, 9.17) is 0 Å². The van der Waals surface area contributed by atoms with Gasteiger partial charge in [0.1, 0.15) is 0 Å². The molecule has 0 atom stereocenters. The molecule has 2 aromatic heterocycles. The molecule has 4 rings (SSSR count). The van der Waals surface area contributed by atoms with Crippen molar-refractivity contribution < 1.29 is 4.79 Å². The number of rotatable bonds is 3. The van der Waals surface area contributed by atoms with E-state index < -0.39 is 0 Å². The summed E-state index contributed by atoms with van der Waals surface area (Å²) in [6.45, 7) is 2.77. The number of benzene rings is 1. The summed E-state index contributed by atoms with van der Waals surface area (Å²) in [4.78, 5) is 19.4. The van der Waals surface area contributed by atoms with Gasteiger partial charge < -0.3 is 9.88 Å². The molecule has 0 radical (unpaired) electrons. The van der Waals surface area contributed by atoms with Crippen molar-refractivity contribution in [2.75, 3.05) is 7.05 Å². The number of fused-ring (bicyclic) bond motifs is 3. The van der Waals surface area contributed by atoms with E-state index in [1.165, 1.54) is 39.9 Å². The fraction of sp³-hybridized carbons (Fsp3) is 0.350. The lowest BCUT2D eigenvalue weighted by Crippen LogP contribution is -2.26. The number of aromatic nitrogens is 1. The Kier molecular flexibility index (Phi) is 3.93. The summed E-state index contributed by atoms with van der Waals surface area (Å²) in [6, 6.07) is 8.20. The molecule has 0 bridgehead atoms. The largest absolute Gasteiger partial charge is 0.358 e. The lowest BCUT2D eigenvalue weighted by Gasteiger charge is -2.17. The van der Waals surface area contributed by atoms with Crippen LogP contribution in [-0.4, -0.2) is 22.8 Å². The molecule has 0 saturated carbocycles. The summed E-state index contributed by atoms with van der Waals surface area (Å²) in [5, 5.41) is 3.32. The maximum absolute atomic E-state index is 12.8. The monoisotopic (exact) mass is 338 g/mol. The molecule has 1 aromatic carbocycles. The van der Waals surface area contributed by atoms with Crippen molar-refractivity contribution in [2.45, 2.75) is 39.2 Å². The fourth-order valence-electron chi connectivity index (χ4n) is 3.61. The second-order valence-electron chi connectivity index (χ2n) is 6.74. The van der Waals surface area contributed by atoms with Crippen LogP contribution in [0.3, 0.4) is 0 Å². The smallest absolute Gasteiger partial charge is 0.253 e. The molecular weight excluding hydrogens is 316 g/mol. The number of aromatic amines is 1. The van der Waals surface area contributed by atoms with Crippen LogP contribution in [-0.2, 0) is 19.4 Å². The minimum atomic E-state index is 0.0930. The molecule has 1 amide bonds. The fourth-order valence-corrected chi connectivity index (χ4v) is 4.57. The topological polar surface area (TPSA) is 36.1 Å². The maximum Gasteiger partial charge on any atom is 0.253 e. The summed E-state index contributed by atoms with van der Waals surface area (Å²) in [5.74, 6) is 0.0930. The number of aryl methyl sites for hydroxylation is 3. The Balaban J connectivity index is 1.63. The highest BCUT2D eigenvalue weighted by molar-refractivity contribution is 7.10. The van der Waals surface area contributed by atoms with Gasteiger partial charge in [-0.2, -0.15) is 0 Å². The highest BCUT2D eigenvalue weighted by Gasteiger charge is 2.18. The molecule has 3 nitrogen and oxygen atoms in total. The second kappa shape index (κ2) is 6.10.